The summed E-state index contributed by atoms with van der Waals surface area (Å²) in [6, 6.07) is 3.00. The summed E-state index contributed by atoms with van der Waals surface area (Å²) in [7, 11) is 1.56. The van der Waals surface area contributed by atoms with Gasteiger partial charge in [-0.2, -0.15) is 0 Å². The van der Waals surface area contributed by atoms with Crippen molar-refractivity contribution in [2.75, 3.05) is 30.4 Å². The minimum Gasteiger partial charge on any atom is -0.494 e. The van der Waals surface area contributed by atoms with Crippen molar-refractivity contribution in [1.29, 1.82) is 0 Å². The van der Waals surface area contributed by atoms with Crippen LogP contribution >= 0.6 is 0 Å². The molecular formula is C21H25N7O2. The number of nitrogens with one attached hydrogen (secondary N) is 2. The maximum Gasteiger partial charge on any atom is 0.276 e. The van der Waals surface area contributed by atoms with Crippen molar-refractivity contribution in [2.45, 2.75) is 38.3 Å². The zero-order valence-corrected chi connectivity index (χ0v) is 17.1. The van der Waals surface area contributed by atoms with Gasteiger partial charge in [-0.05, 0) is 26.2 Å². The van der Waals surface area contributed by atoms with E-state index in [1.165, 1.54) is 19.0 Å². The fraction of sp³-hybridized carbons (Fsp3) is 0.429. The summed E-state index contributed by atoms with van der Waals surface area (Å²) in [5.74, 6) is 1.01. The van der Waals surface area contributed by atoms with E-state index in [9.17, 15) is 4.79 Å². The predicted octanol–water partition coefficient (Wildman–Crippen LogP) is 2.02. The smallest absolute Gasteiger partial charge is 0.276 e. The number of hydrogen-bond donors (Lipinski definition) is 2. The molecule has 2 aliphatic rings. The van der Waals surface area contributed by atoms with Crippen molar-refractivity contribution in [3.05, 3.63) is 42.2 Å². The number of anilines is 2. The third-order valence-electron chi connectivity index (χ3n) is 5.58. The molecule has 1 aliphatic heterocycles. The van der Waals surface area contributed by atoms with E-state index in [1.807, 2.05) is 17.5 Å². The topological polar surface area (TPSA) is 96.7 Å². The number of amides is 1. The van der Waals surface area contributed by atoms with Crippen LogP contribution in [0.15, 0.2) is 30.9 Å². The predicted molar refractivity (Wildman–Crippen MR) is 113 cm³/mol. The number of fused-ring (bicyclic) bond motifs is 1. The summed E-state index contributed by atoms with van der Waals surface area (Å²) >= 11 is 0. The molecule has 1 amide bonds. The Morgan fingerprint density at radius 1 is 1.17 bits per heavy atom. The van der Waals surface area contributed by atoms with Gasteiger partial charge >= 0.3 is 0 Å². The van der Waals surface area contributed by atoms with Crippen LogP contribution in [0.3, 0.4) is 0 Å². The molecule has 0 radical (unpaired) electrons. The monoisotopic (exact) mass is 407 g/mol. The Kier molecular flexibility index (Phi) is 4.74. The normalized spacial score (nSPS) is 18.7. The van der Waals surface area contributed by atoms with Gasteiger partial charge in [-0.15, -0.1) is 0 Å². The van der Waals surface area contributed by atoms with Crippen LogP contribution in [0.1, 0.15) is 35.4 Å². The van der Waals surface area contributed by atoms with Crippen LogP contribution in [0.25, 0.3) is 5.65 Å². The van der Waals surface area contributed by atoms with Crippen molar-refractivity contribution >= 4 is 23.1 Å². The van der Waals surface area contributed by atoms with Crippen LogP contribution in [0.5, 0.6) is 5.75 Å². The molecule has 0 aromatic carbocycles. The lowest BCUT2D eigenvalue weighted by Crippen LogP contribution is -2.34. The number of aryl methyl sites for hydroxylation is 1. The van der Waals surface area contributed by atoms with Gasteiger partial charge in [0, 0.05) is 43.6 Å². The molecule has 1 unspecified atom stereocenters. The summed E-state index contributed by atoms with van der Waals surface area (Å²) in [5, 5.41) is 6.53. The molecule has 156 valence electrons. The molecule has 9 heteroatoms. The highest BCUT2D eigenvalue weighted by Crippen LogP contribution is 2.27. The number of pyridine rings is 1. The summed E-state index contributed by atoms with van der Waals surface area (Å²) in [6.45, 7) is 3.80. The second-order valence-electron chi connectivity index (χ2n) is 7.99. The maximum atomic E-state index is 12.7. The molecule has 3 aromatic heterocycles. The van der Waals surface area contributed by atoms with Crippen molar-refractivity contribution in [3.63, 3.8) is 0 Å². The number of hydrogen-bond acceptors (Lipinski definition) is 7. The highest BCUT2D eigenvalue weighted by Gasteiger charge is 2.29. The van der Waals surface area contributed by atoms with E-state index in [1.54, 1.807) is 25.6 Å². The highest BCUT2D eigenvalue weighted by molar-refractivity contribution is 6.03. The first-order valence-electron chi connectivity index (χ1n) is 10.3. The van der Waals surface area contributed by atoms with Gasteiger partial charge in [0.05, 0.1) is 25.2 Å². The maximum absolute atomic E-state index is 12.7. The fourth-order valence-electron chi connectivity index (χ4n) is 3.88. The van der Waals surface area contributed by atoms with E-state index in [0.29, 0.717) is 23.5 Å². The van der Waals surface area contributed by atoms with Gasteiger partial charge in [0.25, 0.3) is 5.91 Å². The summed E-state index contributed by atoms with van der Waals surface area (Å²) < 4.78 is 7.26. The number of nitrogens with zero attached hydrogens (tertiary/aromatic N) is 5. The minimum absolute atomic E-state index is 0.259. The van der Waals surface area contributed by atoms with Gasteiger partial charge in [0.1, 0.15) is 28.6 Å². The summed E-state index contributed by atoms with van der Waals surface area (Å²) in [4.78, 5) is 28.2. The first-order valence-corrected chi connectivity index (χ1v) is 10.3. The minimum atomic E-state index is -0.335. The highest BCUT2D eigenvalue weighted by atomic mass is 16.5. The molecule has 1 atom stereocenters. The Hall–Kier alpha value is -3.20. The van der Waals surface area contributed by atoms with E-state index in [-0.39, 0.29) is 11.6 Å². The number of ether oxygens (including phenoxy) is 1. The molecule has 1 saturated heterocycles. The van der Waals surface area contributed by atoms with Crippen LogP contribution in [0.2, 0.25) is 0 Å². The quantitative estimate of drug-likeness (QED) is 0.645. The Morgan fingerprint density at radius 2 is 2.03 bits per heavy atom. The number of carbonyl (C=O) groups is 1. The molecule has 2 fully saturated rings. The Balaban J connectivity index is 1.28. The van der Waals surface area contributed by atoms with Crippen molar-refractivity contribution < 1.29 is 9.53 Å². The molecule has 0 spiro atoms. The van der Waals surface area contributed by atoms with Crippen molar-refractivity contribution in [2.24, 2.45) is 0 Å². The Labute approximate surface area is 174 Å². The molecule has 0 bridgehead atoms. The van der Waals surface area contributed by atoms with E-state index in [0.717, 1.165) is 36.7 Å². The third kappa shape index (κ3) is 3.80. The molecule has 9 nitrogen and oxygen atoms in total. The molecule has 3 aromatic rings. The van der Waals surface area contributed by atoms with Crippen LogP contribution in [-0.4, -0.2) is 57.5 Å². The van der Waals surface area contributed by atoms with E-state index < -0.39 is 0 Å². The molecule has 2 N–H and O–H groups in total. The first-order chi connectivity index (χ1) is 14.6. The SMILES string of the molecule is COc1cc2nc(C)cn2cc1NC(=O)c1cnc(N2CCC(NC3CC3)C2)cn1. The second-order valence-corrected chi connectivity index (χ2v) is 7.99. The van der Waals surface area contributed by atoms with Gasteiger partial charge < -0.3 is 24.7 Å². The molecule has 30 heavy (non-hydrogen) atoms. The largest absolute Gasteiger partial charge is 0.494 e. The molecule has 1 saturated carbocycles. The molecule has 4 heterocycles. The Morgan fingerprint density at radius 3 is 2.77 bits per heavy atom. The standard InChI is InChI=1S/C21H25N7O2/c1-13-10-28-12-17(18(30-2)7-19(28)24-13)26-21(29)16-8-23-20(9-22-16)27-6-5-15(11-27)25-14-3-4-14/h7-10,12,14-15,25H,3-6,11H2,1-2H3,(H,26,29). The van der Waals surface area contributed by atoms with Crippen LogP contribution in [0, 0.1) is 6.92 Å². The number of imidazole rings is 1. The van der Waals surface area contributed by atoms with Crippen molar-refractivity contribution in [3.8, 4) is 5.75 Å². The number of aromatic nitrogens is 4. The zero-order chi connectivity index (χ0) is 20.7. The average Bonchev–Trinajstić information content (AvgIpc) is 3.30. The lowest BCUT2D eigenvalue weighted by Gasteiger charge is -2.17. The number of rotatable bonds is 6. The Bertz CT molecular complexity index is 1070. The van der Waals surface area contributed by atoms with Gasteiger partial charge in [-0.25, -0.2) is 15.0 Å². The molecule has 5 rings (SSSR count). The number of methoxy groups -OCH3 is 1. The average molecular weight is 407 g/mol. The summed E-state index contributed by atoms with van der Waals surface area (Å²) in [6.07, 6.45) is 10.6. The zero-order valence-electron chi connectivity index (χ0n) is 17.1. The van der Waals surface area contributed by atoms with Crippen LogP contribution < -0.4 is 20.3 Å². The lowest BCUT2D eigenvalue weighted by atomic mass is 10.2. The fourth-order valence-corrected chi connectivity index (χ4v) is 3.88. The van der Waals surface area contributed by atoms with Crippen molar-refractivity contribution in [1.82, 2.24) is 24.7 Å². The molecular weight excluding hydrogens is 382 g/mol. The van der Waals surface area contributed by atoms with Gasteiger partial charge in [-0.1, -0.05) is 0 Å². The van der Waals surface area contributed by atoms with E-state index in [2.05, 4.69) is 30.5 Å². The number of carbonyl (C=O) groups excluding carboxylic acids is 1. The van der Waals surface area contributed by atoms with Gasteiger partial charge in [-0.3, -0.25) is 4.79 Å². The van der Waals surface area contributed by atoms with Crippen LogP contribution in [0.4, 0.5) is 11.5 Å². The second kappa shape index (κ2) is 7.56. The molecule has 1 aliphatic carbocycles. The van der Waals surface area contributed by atoms with E-state index in [4.69, 9.17) is 4.74 Å². The summed E-state index contributed by atoms with van der Waals surface area (Å²) in [5.41, 5.74) is 2.45. The van der Waals surface area contributed by atoms with Gasteiger partial charge in [0.15, 0.2) is 0 Å². The van der Waals surface area contributed by atoms with E-state index >= 15 is 0 Å². The van der Waals surface area contributed by atoms with Crippen LogP contribution in [-0.2, 0) is 0 Å². The lowest BCUT2D eigenvalue weighted by molar-refractivity contribution is 0.102. The first kappa shape index (κ1) is 18.8. The third-order valence-corrected chi connectivity index (χ3v) is 5.58. The van der Waals surface area contributed by atoms with Gasteiger partial charge in [0.2, 0.25) is 0 Å².